The van der Waals surface area contributed by atoms with Crippen LogP contribution in [-0.2, 0) is 6.18 Å². The molecule has 0 unspecified atom stereocenters. The second-order valence-electron chi connectivity index (χ2n) is 6.96. The van der Waals surface area contributed by atoms with Gasteiger partial charge in [0, 0.05) is 11.0 Å². The third kappa shape index (κ3) is 5.09. The van der Waals surface area contributed by atoms with Crippen LogP contribution in [0.3, 0.4) is 0 Å². The highest BCUT2D eigenvalue weighted by atomic mass is 32.2. The maximum absolute atomic E-state index is 13.4. The Hall–Kier alpha value is -4.00. The van der Waals surface area contributed by atoms with Gasteiger partial charge in [0.1, 0.15) is 11.3 Å². The van der Waals surface area contributed by atoms with Crippen molar-refractivity contribution in [1.29, 1.82) is 0 Å². The molecule has 0 fully saturated rings. The van der Waals surface area contributed by atoms with Gasteiger partial charge >= 0.3 is 12.8 Å². The summed E-state index contributed by atoms with van der Waals surface area (Å²) in [6.45, 7) is -3.05. The van der Waals surface area contributed by atoms with Gasteiger partial charge in [0.2, 0.25) is 0 Å². The molecule has 4 aromatic rings. The molecule has 0 saturated heterocycles. The summed E-state index contributed by atoms with van der Waals surface area (Å²) in [4.78, 5) is 27.5. The van der Waals surface area contributed by atoms with Gasteiger partial charge in [-0.1, -0.05) is 23.9 Å². The first-order chi connectivity index (χ1) is 16.5. The summed E-state index contributed by atoms with van der Waals surface area (Å²) in [5.41, 5.74) is -2.66. The molecular formula is C22H12F5N3O4S. The lowest BCUT2D eigenvalue weighted by atomic mass is 10.2. The average Bonchev–Trinajstić information content (AvgIpc) is 2.79. The Kier molecular flexibility index (Phi) is 6.43. The SMILES string of the molecule is O=c1c2ccccc2nc(Sc2ccc([N+](=O)[O-])c(C(F)(F)F)c2)n1-c1ccc(OC(F)F)cc1. The summed E-state index contributed by atoms with van der Waals surface area (Å²) in [6.07, 6.45) is -4.99. The van der Waals surface area contributed by atoms with Crippen molar-refractivity contribution in [2.24, 2.45) is 0 Å². The van der Waals surface area contributed by atoms with E-state index < -0.39 is 34.5 Å². The zero-order chi connectivity index (χ0) is 25.3. The van der Waals surface area contributed by atoms with Crippen molar-refractivity contribution in [3.8, 4) is 11.4 Å². The Balaban J connectivity index is 1.86. The monoisotopic (exact) mass is 509 g/mol. The number of nitro groups is 1. The summed E-state index contributed by atoms with van der Waals surface area (Å²) in [6, 6.07) is 13.8. The van der Waals surface area contributed by atoms with Crippen molar-refractivity contribution in [3.05, 3.63) is 92.8 Å². The largest absolute Gasteiger partial charge is 0.435 e. The van der Waals surface area contributed by atoms with E-state index in [1.807, 2.05) is 0 Å². The van der Waals surface area contributed by atoms with E-state index >= 15 is 0 Å². The Morgan fingerprint density at radius 2 is 1.71 bits per heavy atom. The van der Waals surface area contributed by atoms with Crippen LogP contribution in [0, 0.1) is 10.1 Å². The van der Waals surface area contributed by atoms with Crippen molar-refractivity contribution in [1.82, 2.24) is 9.55 Å². The molecule has 0 radical (unpaired) electrons. The van der Waals surface area contributed by atoms with Crippen molar-refractivity contribution in [3.63, 3.8) is 0 Å². The molecule has 0 aliphatic carbocycles. The van der Waals surface area contributed by atoms with Gasteiger partial charge in [0.25, 0.3) is 11.2 Å². The number of fused-ring (bicyclic) bond motifs is 1. The number of nitro benzene ring substituents is 1. The van der Waals surface area contributed by atoms with E-state index in [0.29, 0.717) is 17.8 Å². The van der Waals surface area contributed by atoms with E-state index in [9.17, 15) is 36.9 Å². The molecule has 0 N–H and O–H groups in total. The minimum atomic E-state index is -4.99. The van der Waals surface area contributed by atoms with Crippen LogP contribution in [0.4, 0.5) is 27.6 Å². The highest BCUT2D eigenvalue weighted by Gasteiger charge is 2.38. The second kappa shape index (κ2) is 9.33. The average molecular weight is 509 g/mol. The number of alkyl halides is 5. The number of aromatic nitrogens is 2. The summed E-state index contributed by atoms with van der Waals surface area (Å²) >= 11 is 0.682. The van der Waals surface area contributed by atoms with Gasteiger partial charge in [-0.2, -0.15) is 22.0 Å². The molecule has 1 aromatic heterocycles. The van der Waals surface area contributed by atoms with E-state index in [4.69, 9.17) is 0 Å². The maximum atomic E-state index is 13.4. The van der Waals surface area contributed by atoms with Crippen LogP contribution in [0.5, 0.6) is 5.75 Å². The van der Waals surface area contributed by atoms with E-state index in [0.717, 1.165) is 16.7 Å². The van der Waals surface area contributed by atoms with Crippen LogP contribution in [-0.4, -0.2) is 21.1 Å². The molecule has 0 spiro atoms. The third-order valence-corrected chi connectivity index (χ3v) is 5.69. The first-order valence-electron chi connectivity index (χ1n) is 9.65. The number of halogens is 5. The predicted octanol–water partition coefficient (Wildman–Crippen LogP) is 6.07. The lowest BCUT2D eigenvalue weighted by Gasteiger charge is -2.15. The molecule has 0 amide bonds. The first-order valence-corrected chi connectivity index (χ1v) is 10.5. The standard InChI is InChI=1S/C22H12F5N3O4S/c23-20(24)34-13-7-5-12(6-8-13)29-19(31)15-3-1-2-4-17(15)28-21(29)35-14-9-10-18(30(32)33)16(11-14)22(25,26)27/h1-11,20H. The highest BCUT2D eigenvalue weighted by molar-refractivity contribution is 7.99. The molecule has 4 rings (SSSR count). The molecule has 1 heterocycles. The molecule has 0 aliphatic rings. The lowest BCUT2D eigenvalue weighted by Crippen LogP contribution is -2.21. The van der Waals surface area contributed by atoms with Gasteiger partial charge in [-0.05, 0) is 48.5 Å². The molecule has 13 heteroatoms. The molecule has 7 nitrogen and oxygen atoms in total. The zero-order valence-electron chi connectivity index (χ0n) is 17.2. The zero-order valence-corrected chi connectivity index (χ0v) is 18.0. The van der Waals surface area contributed by atoms with Crippen molar-refractivity contribution < 1.29 is 31.6 Å². The highest BCUT2D eigenvalue weighted by Crippen LogP contribution is 2.39. The van der Waals surface area contributed by atoms with Crippen LogP contribution in [0.1, 0.15) is 5.56 Å². The second-order valence-corrected chi connectivity index (χ2v) is 8.00. The fourth-order valence-electron chi connectivity index (χ4n) is 3.26. The topological polar surface area (TPSA) is 87.3 Å². The summed E-state index contributed by atoms with van der Waals surface area (Å²) < 4.78 is 70.6. The molecular weight excluding hydrogens is 497 g/mol. The van der Waals surface area contributed by atoms with Crippen LogP contribution in [0.15, 0.2) is 81.6 Å². The number of benzene rings is 3. The van der Waals surface area contributed by atoms with Crippen LogP contribution < -0.4 is 10.3 Å². The third-order valence-electron chi connectivity index (χ3n) is 4.74. The molecule has 180 valence electrons. The van der Waals surface area contributed by atoms with Gasteiger partial charge in [-0.25, -0.2) is 4.98 Å². The normalized spacial score (nSPS) is 11.7. The van der Waals surface area contributed by atoms with Gasteiger partial charge in [-0.15, -0.1) is 0 Å². The molecule has 0 saturated carbocycles. The number of para-hydroxylation sites is 1. The van der Waals surface area contributed by atoms with Crippen LogP contribution in [0.2, 0.25) is 0 Å². The van der Waals surface area contributed by atoms with E-state index in [2.05, 4.69) is 9.72 Å². The molecule has 0 aliphatic heterocycles. The lowest BCUT2D eigenvalue weighted by molar-refractivity contribution is -0.388. The minimum Gasteiger partial charge on any atom is -0.435 e. The van der Waals surface area contributed by atoms with E-state index in [1.165, 1.54) is 30.3 Å². The quantitative estimate of drug-likeness (QED) is 0.136. The Labute approximate surface area is 196 Å². The fourth-order valence-corrected chi connectivity index (χ4v) is 4.20. The minimum absolute atomic E-state index is 0.0433. The van der Waals surface area contributed by atoms with Crippen LogP contribution >= 0.6 is 11.8 Å². The van der Waals surface area contributed by atoms with Gasteiger partial charge in [0.15, 0.2) is 5.16 Å². The summed E-state index contributed by atoms with van der Waals surface area (Å²) in [5.74, 6) is -0.162. The number of ether oxygens (including phenoxy) is 1. The van der Waals surface area contributed by atoms with E-state index in [-0.39, 0.29) is 32.4 Å². The van der Waals surface area contributed by atoms with Crippen molar-refractivity contribution >= 4 is 28.4 Å². The van der Waals surface area contributed by atoms with Crippen LogP contribution in [0.25, 0.3) is 16.6 Å². The molecule has 0 atom stereocenters. The van der Waals surface area contributed by atoms with Gasteiger partial charge in [0.05, 0.1) is 21.5 Å². The summed E-state index contributed by atoms with van der Waals surface area (Å²) in [7, 11) is 0. The smallest absolute Gasteiger partial charge is 0.423 e. The Morgan fingerprint density at radius 3 is 2.34 bits per heavy atom. The molecule has 35 heavy (non-hydrogen) atoms. The molecule has 0 bridgehead atoms. The Bertz CT molecular complexity index is 1470. The fraction of sp³-hybridized carbons (Fsp3) is 0.0909. The van der Waals surface area contributed by atoms with Crippen molar-refractivity contribution in [2.45, 2.75) is 22.8 Å². The maximum Gasteiger partial charge on any atom is 0.423 e. The number of rotatable bonds is 6. The van der Waals surface area contributed by atoms with Gasteiger partial charge < -0.3 is 4.74 Å². The Morgan fingerprint density at radius 1 is 1.03 bits per heavy atom. The van der Waals surface area contributed by atoms with Gasteiger partial charge in [-0.3, -0.25) is 19.5 Å². The van der Waals surface area contributed by atoms with E-state index in [1.54, 1.807) is 18.2 Å². The molecule has 3 aromatic carbocycles. The van der Waals surface area contributed by atoms with Crippen molar-refractivity contribution in [2.75, 3.05) is 0 Å². The predicted molar refractivity (Wildman–Crippen MR) is 116 cm³/mol. The summed E-state index contributed by atoms with van der Waals surface area (Å²) in [5, 5.41) is 11.2. The number of hydrogen-bond acceptors (Lipinski definition) is 6. The number of hydrogen-bond donors (Lipinski definition) is 0. The number of nitrogens with zero attached hydrogens (tertiary/aromatic N) is 3. The first kappa shape index (κ1) is 24.1.